The molecule has 732 valence electrons. The number of hydrogen-bond donors (Lipinski definition) is 4. The summed E-state index contributed by atoms with van der Waals surface area (Å²) in [5.41, 5.74) is 5.93. The van der Waals surface area contributed by atoms with E-state index in [9.17, 15) is 67.6 Å². The molecule has 8 atom stereocenters. The summed E-state index contributed by atoms with van der Waals surface area (Å²) in [5, 5.41) is 51.0. The van der Waals surface area contributed by atoms with Gasteiger partial charge >= 0.3 is 0 Å². The first kappa shape index (κ1) is 90.9. The smallest absolute Gasteiger partial charge is 0.278 e. The fraction of sp³-hybridized carbons (Fsp3) is 0.296. The molecule has 8 unspecified atom stereocenters. The third-order valence-corrected chi connectivity index (χ3v) is 35.5. The Morgan fingerprint density at radius 3 is 1.04 bits per heavy atom. The minimum Gasteiger partial charge on any atom is -0.502 e. The average Bonchev–Trinajstić information content (AvgIpc) is 1.28. The van der Waals surface area contributed by atoms with Crippen LogP contribution in [-0.4, -0.2) is 160 Å². The van der Waals surface area contributed by atoms with Gasteiger partial charge in [-0.25, -0.2) is 17.6 Å². The van der Waals surface area contributed by atoms with Crippen molar-refractivity contribution in [1.82, 2.24) is 38.3 Å². The first-order chi connectivity index (χ1) is 70.0. The summed E-state index contributed by atoms with van der Waals surface area (Å²) in [6, 6.07) is 49.6. The van der Waals surface area contributed by atoms with E-state index in [0.29, 0.717) is 82.1 Å². The van der Waals surface area contributed by atoms with Gasteiger partial charge in [-0.3, -0.25) is 77.1 Å². The van der Waals surface area contributed by atoms with E-state index in [2.05, 4.69) is 58.6 Å². The Labute approximate surface area is 837 Å². The van der Waals surface area contributed by atoms with Gasteiger partial charge in [0, 0.05) is 150 Å². The van der Waals surface area contributed by atoms with Crippen LogP contribution in [0.3, 0.4) is 0 Å². The van der Waals surface area contributed by atoms with Crippen LogP contribution in [0.4, 0.5) is 17.6 Å². The van der Waals surface area contributed by atoms with Gasteiger partial charge in [-0.2, -0.15) is 0 Å². The number of aromatic nitrogens is 4. The molecule has 4 saturated carbocycles. The van der Waals surface area contributed by atoms with Gasteiger partial charge in [0.2, 0.25) is 21.7 Å². The van der Waals surface area contributed by atoms with Crippen LogP contribution in [0.2, 0.25) is 0 Å². The van der Waals surface area contributed by atoms with E-state index in [-0.39, 0.29) is 113 Å². The lowest BCUT2D eigenvalue weighted by molar-refractivity contribution is 0.0248. The summed E-state index contributed by atoms with van der Waals surface area (Å²) < 4.78 is 91.9. The Morgan fingerprint density at radius 2 is 0.667 bits per heavy atom. The van der Waals surface area contributed by atoms with Crippen LogP contribution in [-0.2, 0) is 23.0 Å². The van der Waals surface area contributed by atoms with Gasteiger partial charge in [-0.15, -0.1) is 47.0 Å². The number of aromatic hydroxyl groups is 4. The number of fused-ring (bicyclic) bond motifs is 32. The van der Waals surface area contributed by atoms with E-state index < -0.39 is 103 Å². The minimum absolute atomic E-state index is 0.0157. The highest BCUT2D eigenvalue weighted by molar-refractivity contribution is 7.99. The molecule has 16 aliphatic rings. The summed E-state index contributed by atoms with van der Waals surface area (Å²) in [7, 11) is 0. The summed E-state index contributed by atoms with van der Waals surface area (Å²) in [4.78, 5) is 116. The van der Waals surface area contributed by atoms with Crippen molar-refractivity contribution in [1.29, 1.82) is 0 Å². The van der Waals surface area contributed by atoms with Crippen LogP contribution in [0, 0.1) is 46.9 Å². The van der Waals surface area contributed by atoms with Gasteiger partial charge in [-0.1, -0.05) is 109 Å². The number of amides is 4. The fourth-order valence-corrected chi connectivity index (χ4v) is 27.6. The topological polar surface area (TPSA) is 300 Å². The molecule has 12 aliphatic heterocycles. The molecule has 4 amide bonds. The molecule has 0 radical (unpaired) electrons. The van der Waals surface area contributed by atoms with Gasteiger partial charge in [0.05, 0.1) is 24.3 Å². The molecule has 144 heavy (non-hydrogen) atoms. The van der Waals surface area contributed by atoms with Crippen molar-refractivity contribution in [2.45, 2.75) is 129 Å². The third-order valence-electron chi connectivity index (χ3n) is 31.0. The van der Waals surface area contributed by atoms with Crippen molar-refractivity contribution in [3.8, 4) is 46.0 Å². The fourth-order valence-electron chi connectivity index (χ4n) is 23.2. The van der Waals surface area contributed by atoms with E-state index in [1.165, 1.54) is 80.0 Å². The Bertz CT molecular complexity index is 7800. The molecular weight excluding hydrogens is 1930 g/mol. The molecule has 28 nitrogen and oxygen atoms in total. The number of hydrogen-bond acceptors (Lipinski definition) is 24. The molecule has 12 aromatic rings. The Kier molecular flexibility index (Phi) is 22.3. The van der Waals surface area contributed by atoms with Crippen molar-refractivity contribution < 1.29 is 76.1 Å². The lowest BCUT2D eigenvalue weighted by atomic mass is 9.74. The predicted octanol–water partition coefficient (Wildman–Crippen LogP) is 15.6. The van der Waals surface area contributed by atoms with Gasteiger partial charge in [-0.05, 0) is 157 Å². The van der Waals surface area contributed by atoms with E-state index in [0.717, 1.165) is 127 Å². The SMILES string of the molecule is O=C1c2c(O)c(=O)ccn2N2CN1C1(/C=C/COc3cc(F)c(F)c4c3C2c2ccccc2SC4)CCC1.O=C1c2c(O)c(=O)ccn2N2CN1C1(/C=C/COc3cccc4c3C2c2ccccc2SC4)CCC1.O=C1c2c(O)c(=O)ccn2N2CN1CC1CC1COc1cc(F)c(F)c3c1C2c1ccccc1SC3.O=C1c2c(O)c(=O)ccn2N2CN1CC1CC1COc1cccc3c1C2c1ccccc1SC3. The maximum atomic E-state index is 15.5. The molecule has 4 aliphatic carbocycles. The predicted molar refractivity (Wildman–Crippen MR) is 530 cm³/mol. The first-order valence-electron chi connectivity index (χ1n) is 48.1. The number of carbonyl (C=O) groups excluding carboxylic acids is 4. The zero-order chi connectivity index (χ0) is 98.3. The van der Waals surface area contributed by atoms with E-state index in [4.69, 9.17) is 18.9 Å². The van der Waals surface area contributed by atoms with Crippen molar-refractivity contribution in [2.75, 3.05) is 86.2 Å². The quantitative estimate of drug-likeness (QED) is 0.0810. The number of rotatable bonds is 0. The van der Waals surface area contributed by atoms with Gasteiger partial charge < -0.3 is 59.0 Å². The van der Waals surface area contributed by atoms with Gasteiger partial charge in [0.15, 0.2) is 69.0 Å². The van der Waals surface area contributed by atoms with Crippen LogP contribution < -0.4 is 60.7 Å². The van der Waals surface area contributed by atoms with Crippen LogP contribution in [0.25, 0.3) is 0 Å². The van der Waals surface area contributed by atoms with Crippen LogP contribution >= 0.6 is 47.0 Å². The first-order valence-corrected chi connectivity index (χ1v) is 52.0. The summed E-state index contributed by atoms with van der Waals surface area (Å²) >= 11 is 6.39. The number of benzene rings is 8. The molecule has 16 heterocycles. The third kappa shape index (κ3) is 14.8. The Morgan fingerprint density at radius 1 is 0.340 bits per heavy atom. The van der Waals surface area contributed by atoms with E-state index >= 15 is 8.78 Å². The van der Waals surface area contributed by atoms with Crippen molar-refractivity contribution in [3.63, 3.8) is 0 Å². The summed E-state index contributed by atoms with van der Waals surface area (Å²) in [6.45, 7) is 3.39. The molecule has 36 heteroatoms. The Balaban J connectivity index is 0.000000101. The highest BCUT2D eigenvalue weighted by Gasteiger charge is 2.55. The second-order valence-electron chi connectivity index (χ2n) is 38.9. The maximum Gasteiger partial charge on any atom is 0.278 e. The van der Waals surface area contributed by atoms with Crippen molar-refractivity contribution in [3.05, 3.63) is 373 Å². The number of ether oxygens (including phenoxy) is 4. The largest absolute Gasteiger partial charge is 0.502 e. The summed E-state index contributed by atoms with van der Waals surface area (Å²) in [5.74, 6) is -2.36. The van der Waals surface area contributed by atoms with E-state index in [1.807, 2.05) is 118 Å². The number of carbonyl (C=O) groups is 4. The minimum atomic E-state index is -0.990. The molecule has 4 N–H and O–H groups in total. The monoisotopic (exact) mass is 2020 g/mol. The van der Waals surface area contributed by atoms with Crippen LogP contribution in [0.1, 0.15) is 184 Å². The number of halogens is 4. The normalized spacial score (nSPS) is 23.0. The zero-order valence-electron chi connectivity index (χ0n) is 77.2. The lowest BCUT2D eigenvalue weighted by Crippen LogP contribution is -2.64. The highest BCUT2D eigenvalue weighted by atomic mass is 32.2. The molecule has 4 aromatic heterocycles. The van der Waals surface area contributed by atoms with Crippen molar-refractivity contribution in [2.24, 2.45) is 23.7 Å². The molecule has 8 aromatic carbocycles. The van der Waals surface area contributed by atoms with Crippen LogP contribution in [0.5, 0.6) is 46.0 Å². The molecule has 28 rings (SSSR count). The van der Waals surface area contributed by atoms with Gasteiger partial charge in [0.1, 0.15) is 87.1 Å². The average molecular weight is 2020 g/mol. The molecular formula is C108H92F4N12O16S4. The molecule has 4 fully saturated rings. The standard InChI is InChI=1S/C28H23F2N3O4S.C28H25N3O4S.C26H21F2N3O4S.C26H23N3O4S/c29-18-13-20-22-17(23(18)30)14-38-21-6-2-1-5-16(21)24(22)33-15-31(28(8-3-9-28)10-4-12-37-20)27(36)25-26(35)19(34)7-11-32(25)33;32-20-10-14-30-25(26(20)33)27(34)29-17-31(30)24-19-7-1-2-9-22(19)36-16-18-6-3-8-21(23(18)24)35-15-5-13-28(29)11-4-12-28;27-17-8-19-21-16(22(17)28)11-36-20-4-2-1-3-15(20)23(21)31-12-29(9-13-7-14(13)10-35-19)26(34)24-25(33)18(32)5-6-30(24)31;30-19-8-9-28-24(25(19)31)26(32)27-11-16-10-17(16)12-33-20-6-3-4-15-13-34-21-7-2-1-5-18(21)23(22(15)20)29(28)14-27/h1-2,4-7,10-11,13,24,35H,3,8-9,12,14-15H2;1-3,5-10,13-14,24,33H,4,11-12,15-17H2;1-6,8,13-14,23,33H,7,9-12H2;1-9,16-17,23,31H,10-14H2/b10-4+;13-5+;;. The Hall–Kier alpha value is -14.4. The molecule has 0 saturated heterocycles. The van der Waals surface area contributed by atoms with E-state index in [1.54, 1.807) is 66.0 Å². The highest BCUT2D eigenvalue weighted by Crippen LogP contribution is 2.57. The van der Waals surface area contributed by atoms with Crippen molar-refractivity contribution >= 4 is 70.7 Å². The van der Waals surface area contributed by atoms with Gasteiger partial charge in [0.25, 0.3) is 23.6 Å². The number of thioether (sulfide) groups is 4. The lowest BCUT2D eigenvalue weighted by Gasteiger charge is -2.54. The molecule has 8 bridgehead atoms. The number of nitrogens with zero attached hydrogens (tertiary/aromatic N) is 12. The number of pyridine rings is 4. The maximum absolute atomic E-state index is 15.5. The second kappa shape index (κ2) is 35.3. The zero-order valence-corrected chi connectivity index (χ0v) is 80.4. The second-order valence-corrected chi connectivity index (χ2v) is 43.0. The summed E-state index contributed by atoms with van der Waals surface area (Å²) in [6.07, 6.45) is 20.8. The van der Waals surface area contributed by atoms with Crippen LogP contribution in [0.15, 0.2) is 258 Å². The molecule has 2 spiro atoms.